The molecule has 19 heavy (non-hydrogen) atoms. The molecule has 4 nitrogen and oxygen atoms in total. The lowest BCUT2D eigenvalue weighted by Crippen LogP contribution is -2.35. The first kappa shape index (κ1) is 12.0. The Kier molecular flexibility index (Phi) is 2.85. The van der Waals surface area contributed by atoms with E-state index >= 15 is 0 Å². The Morgan fingerprint density at radius 1 is 1.21 bits per heavy atom. The highest BCUT2D eigenvalue weighted by Gasteiger charge is 2.22. The molecule has 2 atom stereocenters. The van der Waals surface area contributed by atoms with Crippen LogP contribution >= 0.6 is 0 Å². The Labute approximate surface area is 110 Å². The molecule has 3 rings (SSSR count). The van der Waals surface area contributed by atoms with Crippen molar-refractivity contribution in [3.63, 3.8) is 0 Å². The van der Waals surface area contributed by atoms with Crippen LogP contribution in [0.15, 0.2) is 46.0 Å². The molecule has 1 aliphatic carbocycles. The third-order valence-corrected chi connectivity index (χ3v) is 3.85. The topological polar surface area (TPSA) is 54.9 Å². The van der Waals surface area contributed by atoms with E-state index in [1.54, 1.807) is 24.3 Å². The summed E-state index contributed by atoms with van der Waals surface area (Å²) in [5.41, 5.74) is -0.306. The van der Waals surface area contributed by atoms with Gasteiger partial charge in [-0.2, -0.15) is 0 Å². The molecule has 2 aromatic rings. The van der Waals surface area contributed by atoms with Gasteiger partial charge in [-0.1, -0.05) is 31.2 Å². The zero-order valence-electron chi connectivity index (χ0n) is 10.8. The van der Waals surface area contributed by atoms with Gasteiger partial charge in [-0.05, 0) is 30.9 Å². The first-order valence-electron chi connectivity index (χ1n) is 6.58. The monoisotopic (exact) mass is 256 g/mol. The van der Waals surface area contributed by atoms with E-state index in [0.29, 0.717) is 10.8 Å². The number of hydrogen-bond donors (Lipinski definition) is 1. The third-order valence-electron chi connectivity index (χ3n) is 3.85. The van der Waals surface area contributed by atoms with Crippen LogP contribution in [0.3, 0.4) is 0 Å². The summed E-state index contributed by atoms with van der Waals surface area (Å²) >= 11 is 0. The van der Waals surface area contributed by atoms with Gasteiger partial charge in [0.05, 0.1) is 16.8 Å². The van der Waals surface area contributed by atoms with Crippen molar-refractivity contribution < 1.29 is 0 Å². The highest BCUT2D eigenvalue weighted by molar-refractivity contribution is 5.80. The molecule has 4 heteroatoms. The number of nitrogens with one attached hydrogen (secondary N) is 1. The molecule has 0 saturated heterocycles. The predicted molar refractivity (Wildman–Crippen MR) is 75.4 cm³/mol. The Morgan fingerprint density at radius 3 is 2.68 bits per heavy atom. The van der Waals surface area contributed by atoms with Gasteiger partial charge in [0.1, 0.15) is 0 Å². The van der Waals surface area contributed by atoms with Crippen LogP contribution in [0.25, 0.3) is 10.8 Å². The molecule has 0 bridgehead atoms. The van der Waals surface area contributed by atoms with Crippen molar-refractivity contribution in [2.45, 2.75) is 25.8 Å². The smallest absolute Gasteiger partial charge is 0.267 e. The SMILES string of the molecule is C[C@H]1C=CCC[C@@H]1n1[nH]c(=O)c2ccccc2c1=O. The Bertz CT molecular complexity index is 755. The lowest BCUT2D eigenvalue weighted by Gasteiger charge is -2.26. The maximum atomic E-state index is 12.5. The van der Waals surface area contributed by atoms with Gasteiger partial charge in [0.25, 0.3) is 11.1 Å². The molecule has 1 aromatic carbocycles. The van der Waals surface area contributed by atoms with Crippen molar-refractivity contribution in [3.05, 3.63) is 57.1 Å². The lowest BCUT2D eigenvalue weighted by molar-refractivity contribution is 0.327. The van der Waals surface area contributed by atoms with Gasteiger partial charge in [0, 0.05) is 0 Å². The number of H-pyrrole nitrogens is 1. The summed E-state index contributed by atoms with van der Waals surface area (Å²) in [6, 6.07) is 7.00. The average molecular weight is 256 g/mol. The van der Waals surface area contributed by atoms with Crippen molar-refractivity contribution in [3.8, 4) is 0 Å². The highest BCUT2D eigenvalue weighted by atomic mass is 16.2. The summed E-state index contributed by atoms with van der Waals surface area (Å²) in [5, 5.41) is 3.69. The molecule has 1 heterocycles. The summed E-state index contributed by atoms with van der Waals surface area (Å²) in [7, 11) is 0. The van der Waals surface area contributed by atoms with Crippen molar-refractivity contribution in [2.24, 2.45) is 5.92 Å². The minimum atomic E-state index is -0.197. The van der Waals surface area contributed by atoms with Crippen molar-refractivity contribution in [1.82, 2.24) is 9.78 Å². The fraction of sp³-hybridized carbons (Fsp3) is 0.333. The summed E-state index contributed by atoms with van der Waals surface area (Å²) in [5.74, 6) is 0.253. The van der Waals surface area contributed by atoms with Gasteiger partial charge in [0.2, 0.25) is 0 Å². The standard InChI is InChI=1S/C15H16N2O2/c1-10-6-2-5-9-13(10)17-15(19)12-8-4-3-7-11(12)14(18)16-17/h2-4,6-8,10,13H,5,9H2,1H3,(H,16,18)/t10-,13-/m0/s1. The second-order valence-electron chi connectivity index (χ2n) is 5.09. The molecule has 0 amide bonds. The van der Waals surface area contributed by atoms with Crippen LogP contribution in [0.1, 0.15) is 25.8 Å². The van der Waals surface area contributed by atoms with Crippen molar-refractivity contribution in [1.29, 1.82) is 0 Å². The lowest BCUT2D eigenvalue weighted by atomic mass is 9.92. The number of fused-ring (bicyclic) bond motifs is 1. The normalized spacial score (nSPS) is 22.8. The van der Waals surface area contributed by atoms with E-state index in [2.05, 4.69) is 24.2 Å². The number of benzene rings is 1. The number of allylic oxidation sites excluding steroid dienone is 2. The zero-order valence-corrected chi connectivity index (χ0v) is 10.8. The summed E-state index contributed by atoms with van der Waals surface area (Å²) in [6.45, 7) is 2.07. The highest BCUT2D eigenvalue weighted by Crippen LogP contribution is 2.27. The largest absolute Gasteiger partial charge is 0.273 e. The Morgan fingerprint density at radius 2 is 1.95 bits per heavy atom. The quantitative estimate of drug-likeness (QED) is 0.795. The maximum absolute atomic E-state index is 12.5. The minimum absolute atomic E-state index is 0.0369. The zero-order chi connectivity index (χ0) is 13.4. The van der Waals surface area contributed by atoms with Gasteiger partial charge in [-0.3, -0.25) is 14.7 Å². The first-order valence-corrected chi connectivity index (χ1v) is 6.58. The van der Waals surface area contributed by atoms with Crippen LogP contribution in [0, 0.1) is 5.92 Å². The van der Waals surface area contributed by atoms with Crippen LogP contribution in [0.5, 0.6) is 0 Å². The van der Waals surface area contributed by atoms with E-state index in [4.69, 9.17) is 0 Å². The van der Waals surface area contributed by atoms with Gasteiger partial charge in [-0.15, -0.1) is 0 Å². The van der Waals surface area contributed by atoms with E-state index < -0.39 is 0 Å². The predicted octanol–water partition coefficient (Wildman–Crippen LogP) is 2.22. The Balaban J connectivity index is 2.26. The molecule has 1 aromatic heterocycles. The molecule has 0 unspecified atom stereocenters. The van der Waals surface area contributed by atoms with E-state index in [-0.39, 0.29) is 23.1 Å². The van der Waals surface area contributed by atoms with Crippen LogP contribution in [-0.4, -0.2) is 9.78 Å². The molecule has 98 valence electrons. The van der Waals surface area contributed by atoms with Crippen molar-refractivity contribution in [2.75, 3.05) is 0 Å². The third kappa shape index (κ3) is 1.93. The molecule has 1 aliphatic rings. The molecule has 1 N–H and O–H groups in total. The molecular formula is C15H16N2O2. The summed E-state index contributed by atoms with van der Waals surface area (Å²) < 4.78 is 1.51. The number of hydrogen-bond acceptors (Lipinski definition) is 2. The second kappa shape index (κ2) is 4.53. The summed E-state index contributed by atoms with van der Waals surface area (Å²) in [6.07, 6.45) is 6.06. The first-order chi connectivity index (χ1) is 9.18. The van der Waals surface area contributed by atoms with Gasteiger partial charge in [0.15, 0.2) is 0 Å². The fourth-order valence-corrected chi connectivity index (χ4v) is 2.78. The number of aromatic amines is 1. The minimum Gasteiger partial charge on any atom is -0.267 e. The van der Waals surface area contributed by atoms with Gasteiger partial charge < -0.3 is 0 Å². The van der Waals surface area contributed by atoms with E-state index in [1.165, 1.54) is 4.68 Å². The molecule has 0 saturated carbocycles. The van der Waals surface area contributed by atoms with Crippen LogP contribution in [-0.2, 0) is 0 Å². The number of aromatic nitrogens is 2. The molecule has 0 aliphatic heterocycles. The second-order valence-corrected chi connectivity index (χ2v) is 5.09. The molecule has 0 fully saturated rings. The van der Waals surface area contributed by atoms with E-state index in [9.17, 15) is 9.59 Å². The van der Waals surface area contributed by atoms with Gasteiger partial charge >= 0.3 is 0 Å². The van der Waals surface area contributed by atoms with Crippen LogP contribution < -0.4 is 11.1 Å². The van der Waals surface area contributed by atoms with E-state index in [0.717, 1.165) is 12.8 Å². The maximum Gasteiger partial charge on any atom is 0.273 e. The van der Waals surface area contributed by atoms with E-state index in [1.807, 2.05) is 0 Å². The number of nitrogens with zero attached hydrogens (tertiary/aromatic N) is 1. The van der Waals surface area contributed by atoms with Crippen LogP contribution in [0.4, 0.5) is 0 Å². The fourth-order valence-electron chi connectivity index (χ4n) is 2.78. The molecular weight excluding hydrogens is 240 g/mol. The Hall–Kier alpha value is -2.10. The average Bonchev–Trinajstić information content (AvgIpc) is 2.44. The number of rotatable bonds is 1. The molecule has 0 spiro atoms. The van der Waals surface area contributed by atoms with Crippen LogP contribution in [0.2, 0.25) is 0 Å². The van der Waals surface area contributed by atoms with Gasteiger partial charge in [-0.25, -0.2) is 4.68 Å². The summed E-state index contributed by atoms with van der Waals surface area (Å²) in [4.78, 5) is 24.6. The molecule has 0 radical (unpaired) electrons. The van der Waals surface area contributed by atoms with Crippen molar-refractivity contribution >= 4 is 10.8 Å².